The summed E-state index contributed by atoms with van der Waals surface area (Å²) in [6, 6.07) is 9.27. The molecule has 23 heavy (non-hydrogen) atoms. The topological polar surface area (TPSA) is 72.5 Å². The van der Waals surface area contributed by atoms with Crippen LogP contribution in [0.15, 0.2) is 47.2 Å². The highest BCUT2D eigenvalue weighted by Crippen LogP contribution is 2.12. The van der Waals surface area contributed by atoms with Crippen molar-refractivity contribution in [3.05, 3.63) is 58.3 Å². The maximum Gasteiger partial charge on any atom is 0.308 e. The molecule has 2 aromatic rings. The number of hydrogen-bond donors (Lipinski definition) is 1. The number of ketones is 1. The Morgan fingerprint density at radius 1 is 1.13 bits per heavy atom. The number of carbonyl (C=O) groups excluding carboxylic acids is 3. The predicted molar refractivity (Wildman–Crippen MR) is 87.6 cm³/mol. The zero-order valence-corrected chi connectivity index (χ0v) is 13.5. The molecule has 0 saturated heterocycles. The van der Waals surface area contributed by atoms with E-state index < -0.39 is 17.9 Å². The van der Waals surface area contributed by atoms with E-state index in [9.17, 15) is 14.4 Å². The zero-order valence-electron chi connectivity index (χ0n) is 12.7. The lowest BCUT2D eigenvalue weighted by atomic mass is 10.0. The van der Waals surface area contributed by atoms with Crippen LogP contribution >= 0.6 is 11.3 Å². The minimum Gasteiger partial charge on any atom is -0.466 e. The molecule has 0 aliphatic carbocycles. The van der Waals surface area contributed by atoms with Crippen molar-refractivity contribution in [2.24, 2.45) is 0 Å². The lowest BCUT2D eigenvalue weighted by Crippen LogP contribution is -2.42. The average molecular weight is 331 g/mol. The van der Waals surface area contributed by atoms with Crippen molar-refractivity contribution in [3.8, 4) is 0 Å². The Kier molecular flexibility index (Phi) is 6.05. The molecule has 1 amide bonds. The van der Waals surface area contributed by atoms with Gasteiger partial charge in [0.2, 0.25) is 0 Å². The maximum absolute atomic E-state index is 12.5. The second kappa shape index (κ2) is 8.24. The molecule has 1 aromatic heterocycles. The van der Waals surface area contributed by atoms with Crippen LogP contribution in [-0.4, -0.2) is 30.3 Å². The third kappa shape index (κ3) is 4.75. The lowest BCUT2D eigenvalue weighted by Gasteiger charge is -2.16. The van der Waals surface area contributed by atoms with Crippen LogP contribution < -0.4 is 5.32 Å². The number of benzene rings is 1. The van der Waals surface area contributed by atoms with Crippen LogP contribution in [0.5, 0.6) is 0 Å². The summed E-state index contributed by atoms with van der Waals surface area (Å²) in [6.07, 6.45) is -0.193. The molecule has 0 radical (unpaired) electrons. The van der Waals surface area contributed by atoms with Crippen LogP contribution in [-0.2, 0) is 9.53 Å². The van der Waals surface area contributed by atoms with Crippen molar-refractivity contribution in [2.45, 2.75) is 19.4 Å². The van der Waals surface area contributed by atoms with Gasteiger partial charge in [0.1, 0.15) is 6.04 Å². The Hall–Kier alpha value is -2.47. The van der Waals surface area contributed by atoms with Gasteiger partial charge in [-0.1, -0.05) is 18.2 Å². The van der Waals surface area contributed by atoms with E-state index in [-0.39, 0.29) is 18.8 Å². The maximum atomic E-state index is 12.5. The van der Waals surface area contributed by atoms with Gasteiger partial charge in [0.05, 0.1) is 13.0 Å². The monoisotopic (exact) mass is 331 g/mol. The number of hydrogen-bond acceptors (Lipinski definition) is 5. The first-order valence-corrected chi connectivity index (χ1v) is 8.14. The number of esters is 1. The first kappa shape index (κ1) is 16.9. The van der Waals surface area contributed by atoms with Crippen LogP contribution in [0.2, 0.25) is 0 Å². The van der Waals surface area contributed by atoms with Crippen molar-refractivity contribution < 1.29 is 19.1 Å². The van der Waals surface area contributed by atoms with Gasteiger partial charge >= 0.3 is 5.97 Å². The van der Waals surface area contributed by atoms with Crippen molar-refractivity contribution in [3.63, 3.8) is 0 Å². The first-order valence-electron chi connectivity index (χ1n) is 7.19. The van der Waals surface area contributed by atoms with E-state index in [1.54, 1.807) is 54.1 Å². The molecule has 2 rings (SSSR count). The number of Topliss-reactive ketones (excluding diaryl/α,β-unsaturated/α-hetero) is 1. The second-order valence-electron chi connectivity index (χ2n) is 4.78. The number of amides is 1. The summed E-state index contributed by atoms with van der Waals surface area (Å²) in [4.78, 5) is 36.5. The average Bonchev–Trinajstić information content (AvgIpc) is 3.09. The van der Waals surface area contributed by atoms with E-state index in [1.165, 1.54) is 11.3 Å². The Labute approximate surface area is 138 Å². The molecular formula is C17H17NO4S. The first-order chi connectivity index (χ1) is 11.1. The quantitative estimate of drug-likeness (QED) is 0.625. The van der Waals surface area contributed by atoms with Gasteiger partial charge in [-0.25, -0.2) is 0 Å². The molecule has 120 valence electrons. The van der Waals surface area contributed by atoms with Gasteiger partial charge in [-0.05, 0) is 30.5 Å². The molecule has 0 aliphatic heterocycles. The van der Waals surface area contributed by atoms with E-state index in [0.717, 1.165) is 0 Å². The van der Waals surface area contributed by atoms with Crippen molar-refractivity contribution in [1.82, 2.24) is 5.32 Å². The minimum absolute atomic E-state index is 0.193. The minimum atomic E-state index is -0.948. The summed E-state index contributed by atoms with van der Waals surface area (Å²) >= 11 is 1.38. The van der Waals surface area contributed by atoms with E-state index in [4.69, 9.17) is 4.74 Å². The Morgan fingerprint density at radius 2 is 1.87 bits per heavy atom. The summed E-state index contributed by atoms with van der Waals surface area (Å²) in [6.45, 7) is 1.92. The molecule has 0 fully saturated rings. The summed E-state index contributed by atoms with van der Waals surface area (Å²) in [5, 5.41) is 6.09. The molecule has 6 heteroatoms. The van der Waals surface area contributed by atoms with Crippen molar-refractivity contribution in [2.75, 3.05) is 6.61 Å². The number of thiophene rings is 1. The summed E-state index contributed by atoms with van der Waals surface area (Å²) in [5.41, 5.74) is 0.900. The number of ether oxygens (including phenoxy) is 1. The highest BCUT2D eigenvalue weighted by molar-refractivity contribution is 7.08. The SMILES string of the molecule is CCOC(=O)CC(NC(=O)c1ccccc1)C(=O)c1ccsc1. The Bertz CT molecular complexity index is 667. The molecule has 1 heterocycles. The third-order valence-electron chi connectivity index (χ3n) is 3.14. The summed E-state index contributed by atoms with van der Waals surface area (Å²) in [5.74, 6) is -1.22. The van der Waals surface area contributed by atoms with Crippen LogP contribution in [0.25, 0.3) is 0 Å². The molecule has 1 N–H and O–H groups in total. The Morgan fingerprint density at radius 3 is 2.48 bits per heavy atom. The van der Waals surface area contributed by atoms with Crippen molar-refractivity contribution >= 4 is 29.0 Å². The molecule has 1 unspecified atom stereocenters. The van der Waals surface area contributed by atoms with Gasteiger partial charge in [-0.3, -0.25) is 14.4 Å². The fraction of sp³-hybridized carbons (Fsp3) is 0.235. The van der Waals surface area contributed by atoms with Gasteiger partial charge in [0.15, 0.2) is 5.78 Å². The summed E-state index contributed by atoms with van der Waals surface area (Å²) < 4.78 is 4.89. The van der Waals surface area contributed by atoms with Gasteiger partial charge in [-0.2, -0.15) is 11.3 Å². The summed E-state index contributed by atoms with van der Waals surface area (Å²) in [7, 11) is 0. The molecule has 0 saturated carbocycles. The molecule has 5 nitrogen and oxygen atoms in total. The molecule has 1 aromatic carbocycles. The predicted octanol–water partition coefficient (Wildman–Crippen LogP) is 2.68. The second-order valence-corrected chi connectivity index (χ2v) is 5.56. The molecule has 0 aliphatic rings. The lowest BCUT2D eigenvalue weighted by molar-refractivity contribution is -0.143. The smallest absolute Gasteiger partial charge is 0.308 e. The number of rotatable bonds is 7. The molecule has 1 atom stereocenters. The highest BCUT2D eigenvalue weighted by Gasteiger charge is 2.26. The van der Waals surface area contributed by atoms with E-state index in [1.807, 2.05) is 0 Å². The van der Waals surface area contributed by atoms with Gasteiger partial charge in [-0.15, -0.1) is 0 Å². The number of nitrogens with one attached hydrogen (secondary N) is 1. The van der Waals surface area contributed by atoms with Crippen molar-refractivity contribution in [1.29, 1.82) is 0 Å². The van der Waals surface area contributed by atoms with Gasteiger partial charge < -0.3 is 10.1 Å². The van der Waals surface area contributed by atoms with Crippen LogP contribution in [0.4, 0.5) is 0 Å². The van der Waals surface area contributed by atoms with Crippen LogP contribution in [0, 0.1) is 0 Å². The number of carbonyl (C=O) groups is 3. The fourth-order valence-corrected chi connectivity index (χ4v) is 2.68. The van der Waals surface area contributed by atoms with Gasteiger partial charge in [0, 0.05) is 16.5 Å². The van der Waals surface area contributed by atoms with Crippen LogP contribution in [0.1, 0.15) is 34.1 Å². The van der Waals surface area contributed by atoms with Crippen LogP contribution in [0.3, 0.4) is 0 Å². The molecular weight excluding hydrogens is 314 g/mol. The zero-order chi connectivity index (χ0) is 16.7. The largest absolute Gasteiger partial charge is 0.466 e. The Balaban J connectivity index is 2.14. The van der Waals surface area contributed by atoms with E-state index in [2.05, 4.69) is 5.32 Å². The molecule has 0 spiro atoms. The van der Waals surface area contributed by atoms with Gasteiger partial charge in [0.25, 0.3) is 5.91 Å². The van der Waals surface area contributed by atoms with E-state index >= 15 is 0 Å². The fourth-order valence-electron chi connectivity index (χ4n) is 2.03. The standard InChI is InChI=1S/C17H17NO4S/c1-2-22-15(19)10-14(16(20)13-8-9-23-11-13)18-17(21)12-6-4-3-5-7-12/h3-9,11,14H,2,10H2,1H3,(H,18,21). The normalized spacial score (nSPS) is 11.5. The third-order valence-corrected chi connectivity index (χ3v) is 3.82. The van der Waals surface area contributed by atoms with E-state index in [0.29, 0.717) is 11.1 Å². The molecule has 0 bridgehead atoms. The highest BCUT2D eigenvalue weighted by atomic mass is 32.1.